The van der Waals surface area contributed by atoms with Gasteiger partial charge in [0.25, 0.3) is 5.91 Å². The van der Waals surface area contributed by atoms with Gasteiger partial charge in [0.15, 0.2) is 5.69 Å². The predicted octanol–water partition coefficient (Wildman–Crippen LogP) is 5.53. The molecule has 2 aromatic carbocycles. The van der Waals surface area contributed by atoms with Gasteiger partial charge < -0.3 is 15.0 Å². The maximum atomic E-state index is 13.0. The summed E-state index contributed by atoms with van der Waals surface area (Å²) >= 11 is 7.36. The van der Waals surface area contributed by atoms with Crippen molar-refractivity contribution in [2.45, 2.75) is 25.9 Å². The van der Waals surface area contributed by atoms with Crippen LogP contribution in [-0.4, -0.2) is 35.0 Å². The lowest BCUT2D eigenvalue weighted by atomic mass is 10.1. The van der Waals surface area contributed by atoms with Crippen LogP contribution in [-0.2, 0) is 0 Å². The van der Waals surface area contributed by atoms with Crippen LogP contribution >= 0.6 is 22.9 Å². The maximum absolute atomic E-state index is 13.0. The number of carbonyl (C=O) groups excluding carboxylic acids is 1. The zero-order chi connectivity index (χ0) is 20.2. The molecule has 4 rings (SSSR count). The van der Waals surface area contributed by atoms with E-state index in [1.54, 1.807) is 5.51 Å². The second-order valence-corrected chi connectivity index (χ2v) is 8.38. The standard InChI is InChI=1S/C22H22ClN3O2S/c1-15-2-6-17(7-3-15)25-21-20(24-14-29-21)22(27)26-12-10-19(11-13-26)28-18-8-4-16(23)5-9-18/h2-9,14,19,25H,10-13H2,1H3. The van der Waals surface area contributed by atoms with E-state index in [2.05, 4.69) is 10.3 Å². The highest BCUT2D eigenvalue weighted by molar-refractivity contribution is 7.14. The Morgan fingerprint density at radius 2 is 1.83 bits per heavy atom. The number of aromatic nitrogens is 1. The van der Waals surface area contributed by atoms with Gasteiger partial charge in [0.05, 0.1) is 5.51 Å². The van der Waals surface area contributed by atoms with Crippen LogP contribution in [0.3, 0.4) is 0 Å². The monoisotopic (exact) mass is 427 g/mol. The molecule has 1 N–H and O–H groups in total. The van der Waals surface area contributed by atoms with Crippen LogP contribution in [0.1, 0.15) is 28.9 Å². The highest BCUT2D eigenvalue weighted by Gasteiger charge is 2.27. The molecule has 0 bridgehead atoms. The molecule has 7 heteroatoms. The lowest BCUT2D eigenvalue weighted by molar-refractivity contribution is 0.0592. The summed E-state index contributed by atoms with van der Waals surface area (Å²) in [6, 6.07) is 15.5. The first-order valence-corrected chi connectivity index (χ1v) is 10.8. The summed E-state index contributed by atoms with van der Waals surface area (Å²) < 4.78 is 6.02. The minimum absolute atomic E-state index is 0.0363. The first kappa shape index (κ1) is 19.7. The Hall–Kier alpha value is -2.57. The van der Waals surface area contributed by atoms with Crippen molar-refractivity contribution in [2.24, 2.45) is 0 Å². The Morgan fingerprint density at radius 1 is 1.14 bits per heavy atom. The van der Waals surface area contributed by atoms with Gasteiger partial charge in [-0.25, -0.2) is 4.98 Å². The molecule has 3 aromatic rings. The first-order valence-electron chi connectivity index (χ1n) is 9.57. The third kappa shape index (κ3) is 4.89. The summed E-state index contributed by atoms with van der Waals surface area (Å²) in [5.41, 5.74) is 4.33. The van der Waals surface area contributed by atoms with Crippen LogP contribution in [0.15, 0.2) is 54.0 Å². The summed E-state index contributed by atoms with van der Waals surface area (Å²) in [6.07, 6.45) is 1.68. The van der Waals surface area contributed by atoms with Gasteiger partial charge in [0, 0.05) is 36.6 Å². The summed E-state index contributed by atoms with van der Waals surface area (Å²) in [6.45, 7) is 3.35. The highest BCUT2D eigenvalue weighted by atomic mass is 35.5. The van der Waals surface area contributed by atoms with E-state index in [0.29, 0.717) is 23.8 Å². The second kappa shape index (κ2) is 8.84. The number of amides is 1. The molecule has 1 aromatic heterocycles. The molecular formula is C22H22ClN3O2S. The van der Waals surface area contributed by atoms with Gasteiger partial charge >= 0.3 is 0 Å². The second-order valence-electron chi connectivity index (χ2n) is 7.08. The zero-order valence-corrected chi connectivity index (χ0v) is 17.7. The fourth-order valence-electron chi connectivity index (χ4n) is 3.29. The number of likely N-dealkylation sites (tertiary alicyclic amines) is 1. The molecular weight excluding hydrogens is 406 g/mol. The topological polar surface area (TPSA) is 54.5 Å². The van der Waals surface area contributed by atoms with E-state index in [-0.39, 0.29) is 12.0 Å². The van der Waals surface area contributed by atoms with Crippen LogP contribution in [0.2, 0.25) is 5.02 Å². The van der Waals surface area contributed by atoms with Crippen molar-refractivity contribution >= 4 is 39.5 Å². The summed E-state index contributed by atoms with van der Waals surface area (Å²) in [5, 5.41) is 4.79. The Labute approximate surface area is 179 Å². The SMILES string of the molecule is Cc1ccc(Nc2scnc2C(=O)N2CCC(Oc3ccc(Cl)cc3)CC2)cc1. The van der Waals surface area contributed by atoms with Crippen molar-refractivity contribution in [3.63, 3.8) is 0 Å². The van der Waals surface area contributed by atoms with Gasteiger partial charge in [-0.05, 0) is 43.3 Å². The van der Waals surface area contributed by atoms with Gasteiger partial charge in [-0.15, -0.1) is 11.3 Å². The molecule has 1 aliphatic rings. The van der Waals surface area contributed by atoms with Gasteiger partial charge in [-0.2, -0.15) is 0 Å². The van der Waals surface area contributed by atoms with Crippen LogP contribution in [0.5, 0.6) is 5.75 Å². The summed E-state index contributed by atoms with van der Waals surface area (Å²) in [7, 11) is 0. The molecule has 0 unspecified atom stereocenters. The lowest BCUT2D eigenvalue weighted by Crippen LogP contribution is -2.42. The molecule has 29 heavy (non-hydrogen) atoms. The number of ether oxygens (including phenoxy) is 1. The minimum atomic E-state index is -0.0363. The van der Waals surface area contributed by atoms with E-state index in [9.17, 15) is 4.79 Å². The Kier molecular flexibility index (Phi) is 6.02. The number of aryl methyl sites for hydroxylation is 1. The molecule has 1 amide bonds. The molecule has 1 saturated heterocycles. The third-order valence-corrected chi connectivity index (χ3v) is 5.92. The molecule has 150 valence electrons. The van der Waals surface area contributed by atoms with Crippen molar-refractivity contribution < 1.29 is 9.53 Å². The van der Waals surface area contributed by atoms with Gasteiger partial charge in [0.1, 0.15) is 16.9 Å². The summed E-state index contributed by atoms with van der Waals surface area (Å²) in [5.74, 6) is 0.772. The molecule has 1 aliphatic heterocycles. The van der Waals surface area contributed by atoms with E-state index in [4.69, 9.17) is 16.3 Å². The van der Waals surface area contributed by atoms with Gasteiger partial charge in [0.2, 0.25) is 0 Å². The molecule has 1 fully saturated rings. The average molecular weight is 428 g/mol. The highest BCUT2D eigenvalue weighted by Crippen LogP contribution is 2.28. The van der Waals surface area contributed by atoms with Crippen LogP contribution in [0.4, 0.5) is 10.7 Å². The molecule has 0 aliphatic carbocycles. The fourth-order valence-corrected chi connectivity index (χ4v) is 4.11. The van der Waals surface area contributed by atoms with Crippen LogP contribution in [0, 0.1) is 6.92 Å². The van der Waals surface area contributed by atoms with Crippen molar-refractivity contribution in [3.05, 3.63) is 70.3 Å². The quantitative estimate of drug-likeness (QED) is 0.581. The number of hydrogen-bond donors (Lipinski definition) is 1. The Bertz CT molecular complexity index is 964. The number of nitrogens with one attached hydrogen (secondary N) is 1. The van der Waals surface area contributed by atoms with Crippen LogP contribution < -0.4 is 10.1 Å². The van der Waals surface area contributed by atoms with Crippen molar-refractivity contribution in [1.29, 1.82) is 0 Å². The number of nitrogens with zero attached hydrogens (tertiary/aromatic N) is 2. The number of thiazole rings is 1. The van der Waals surface area contributed by atoms with E-state index >= 15 is 0 Å². The molecule has 0 spiro atoms. The van der Waals surface area contributed by atoms with E-state index in [1.807, 2.05) is 60.4 Å². The number of rotatable bonds is 5. The van der Waals surface area contributed by atoms with E-state index < -0.39 is 0 Å². The van der Waals surface area contributed by atoms with Crippen LogP contribution in [0.25, 0.3) is 0 Å². The normalized spacial score (nSPS) is 14.6. The first-order chi connectivity index (χ1) is 14.1. The van der Waals surface area contributed by atoms with Gasteiger partial charge in [-0.1, -0.05) is 29.3 Å². The maximum Gasteiger partial charge on any atom is 0.275 e. The number of benzene rings is 2. The number of hydrogen-bond acceptors (Lipinski definition) is 5. The van der Waals surface area contributed by atoms with Gasteiger partial charge in [-0.3, -0.25) is 4.79 Å². The molecule has 2 heterocycles. The third-order valence-electron chi connectivity index (χ3n) is 4.93. The molecule has 0 saturated carbocycles. The predicted molar refractivity (Wildman–Crippen MR) is 118 cm³/mol. The van der Waals surface area contributed by atoms with E-state index in [1.165, 1.54) is 16.9 Å². The van der Waals surface area contributed by atoms with Crippen molar-refractivity contribution in [3.8, 4) is 5.75 Å². The van der Waals surface area contributed by atoms with Crippen molar-refractivity contribution in [2.75, 3.05) is 18.4 Å². The average Bonchev–Trinajstić information content (AvgIpc) is 3.19. The number of piperidine rings is 1. The molecule has 0 atom stereocenters. The Balaban J connectivity index is 1.36. The van der Waals surface area contributed by atoms with E-state index in [0.717, 1.165) is 29.3 Å². The summed E-state index contributed by atoms with van der Waals surface area (Å²) in [4.78, 5) is 19.2. The zero-order valence-electron chi connectivity index (χ0n) is 16.1. The fraction of sp³-hybridized carbons (Fsp3) is 0.273. The minimum Gasteiger partial charge on any atom is -0.490 e. The number of halogens is 1. The smallest absolute Gasteiger partial charge is 0.275 e. The number of anilines is 2. The molecule has 5 nitrogen and oxygen atoms in total. The lowest BCUT2D eigenvalue weighted by Gasteiger charge is -2.32. The number of carbonyl (C=O) groups is 1. The molecule has 0 radical (unpaired) electrons. The van der Waals surface area contributed by atoms with Crippen molar-refractivity contribution in [1.82, 2.24) is 9.88 Å². The largest absolute Gasteiger partial charge is 0.490 e. The Morgan fingerprint density at radius 3 is 2.52 bits per heavy atom.